The molecule has 18 nitrogen and oxygen atoms in total. The first-order chi connectivity index (χ1) is 23.8. The maximum Gasteiger partial charge on any atom is 2.00 e. The quantitative estimate of drug-likeness (QED) is 0.0626. The fourth-order valence-corrected chi connectivity index (χ4v) is 3.35. The zero-order chi connectivity index (χ0) is 39.7. The molecule has 53 heavy (non-hydrogen) atoms. The Labute approximate surface area is 309 Å². The fraction of sp³-hybridized carbons (Fsp3) is 0.308. The molecule has 0 aliphatic heterocycles. The van der Waals surface area contributed by atoms with Crippen molar-refractivity contribution in [2.45, 2.75) is 52.6 Å². The van der Waals surface area contributed by atoms with Crippen molar-refractivity contribution in [1.29, 1.82) is 0 Å². The summed E-state index contributed by atoms with van der Waals surface area (Å²) in [6.07, 6.45) is 10.8. The number of nitrogens with one attached hydrogen (secondary N) is 6. The Morgan fingerprint density at radius 3 is 0.585 bits per heavy atom. The molecule has 0 aliphatic carbocycles. The van der Waals surface area contributed by atoms with E-state index in [1.807, 2.05) is 41.5 Å². The third-order valence-corrected chi connectivity index (χ3v) is 6.79. The van der Waals surface area contributed by atoms with E-state index in [0.29, 0.717) is 0 Å². The fourth-order valence-electron chi connectivity index (χ4n) is 3.35. The summed E-state index contributed by atoms with van der Waals surface area (Å²) in [7, 11) is -12.2. The van der Waals surface area contributed by atoms with Crippen molar-refractivity contribution >= 4 is 20.2 Å². The second-order valence-electron chi connectivity index (χ2n) is 10.1. The first-order valence-corrected chi connectivity index (χ1v) is 16.7. The van der Waals surface area contributed by atoms with E-state index in [-0.39, 0.29) is 19.5 Å². The van der Waals surface area contributed by atoms with Gasteiger partial charge in [0.25, 0.3) is 0 Å². The number of hydrogen-bond donors (Lipinski definition) is 6. The van der Waals surface area contributed by atoms with E-state index in [1.165, 1.54) is 0 Å². The Kier molecular flexibility index (Phi) is 16.5. The monoisotopic (exact) mass is 886 g/mol. The van der Waals surface area contributed by atoms with Gasteiger partial charge in [0.1, 0.15) is 34.9 Å². The smallest absolute Gasteiger partial charge is 0.741 e. The van der Waals surface area contributed by atoms with Crippen LogP contribution in [0.1, 0.15) is 34.9 Å². The predicted octanol–water partition coefficient (Wildman–Crippen LogP) is 4.35. The Bertz CT molecular complexity index is 1900. The first kappa shape index (κ1) is 46.3. The number of rotatable bonds is 3. The molecular formula is C26H30F6N12O6RuS2. The van der Waals surface area contributed by atoms with Crippen LogP contribution in [0.25, 0.3) is 34.2 Å². The van der Waals surface area contributed by atoms with Crippen molar-refractivity contribution in [3.63, 3.8) is 0 Å². The number of alkyl halides is 6. The molecule has 0 spiro atoms. The van der Waals surface area contributed by atoms with Crippen LogP contribution >= 0.6 is 0 Å². The molecule has 0 aromatic carbocycles. The van der Waals surface area contributed by atoms with Gasteiger partial charge >= 0.3 is 30.5 Å². The number of aryl methyl sites for hydroxylation is 6. The Balaban J connectivity index is 0.000000335. The molecule has 0 fully saturated rings. The van der Waals surface area contributed by atoms with Gasteiger partial charge in [-0.1, -0.05) is 0 Å². The van der Waals surface area contributed by atoms with E-state index in [4.69, 9.17) is 25.9 Å². The van der Waals surface area contributed by atoms with Crippen LogP contribution in [0.3, 0.4) is 0 Å². The molecule has 0 bridgehead atoms. The van der Waals surface area contributed by atoms with Crippen molar-refractivity contribution in [2.75, 3.05) is 0 Å². The SMILES string of the molecule is Cc1ncc(-c2cnc(C)[nH]2)[nH]1.Cc1ncc(-c2cnc(C)[nH]2)[nH]1.Cc1ncc(-c2cnc(C)[nH]2)[nH]1.O=S(=O)([O-])C(F)(F)F.O=S(=O)([O-])C(F)(F)F.[Ru+2]. The Morgan fingerprint density at radius 1 is 0.415 bits per heavy atom. The Hall–Kier alpha value is -4.72. The largest absolute Gasteiger partial charge is 2.00 e. The van der Waals surface area contributed by atoms with Crippen molar-refractivity contribution in [1.82, 2.24) is 59.8 Å². The van der Waals surface area contributed by atoms with E-state index in [2.05, 4.69) is 59.8 Å². The molecule has 6 heterocycles. The number of imidazole rings is 6. The van der Waals surface area contributed by atoms with Crippen molar-refractivity contribution < 1.29 is 71.8 Å². The van der Waals surface area contributed by atoms with Gasteiger partial charge in [-0.05, 0) is 41.5 Å². The van der Waals surface area contributed by atoms with E-state index in [1.54, 1.807) is 37.2 Å². The molecule has 0 saturated carbocycles. The van der Waals surface area contributed by atoms with Gasteiger partial charge in [-0.15, -0.1) is 0 Å². The van der Waals surface area contributed by atoms with Gasteiger partial charge in [0.05, 0.1) is 71.3 Å². The summed E-state index contributed by atoms with van der Waals surface area (Å²) in [5, 5.41) is 0. The minimum Gasteiger partial charge on any atom is -0.741 e. The van der Waals surface area contributed by atoms with Gasteiger partial charge in [-0.2, -0.15) is 26.3 Å². The van der Waals surface area contributed by atoms with Gasteiger partial charge in [0.2, 0.25) is 0 Å². The molecule has 0 saturated heterocycles. The molecule has 0 aliphatic rings. The number of nitrogens with zero attached hydrogens (tertiary/aromatic N) is 6. The molecule has 6 aromatic rings. The van der Waals surface area contributed by atoms with Crippen LogP contribution in [0.15, 0.2) is 37.2 Å². The van der Waals surface area contributed by atoms with Gasteiger partial charge in [0.15, 0.2) is 20.2 Å². The number of H-pyrrole nitrogens is 6. The molecule has 6 rings (SSSR count). The van der Waals surface area contributed by atoms with E-state index in [0.717, 1.165) is 69.1 Å². The summed E-state index contributed by atoms with van der Waals surface area (Å²) in [5.74, 6) is 5.48. The number of aromatic amines is 6. The third-order valence-electron chi connectivity index (χ3n) is 5.65. The van der Waals surface area contributed by atoms with E-state index < -0.39 is 31.3 Å². The van der Waals surface area contributed by atoms with Gasteiger partial charge in [-0.25, -0.2) is 46.7 Å². The van der Waals surface area contributed by atoms with Gasteiger partial charge in [0, 0.05) is 0 Å². The summed E-state index contributed by atoms with van der Waals surface area (Å²) >= 11 is 0. The van der Waals surface area contributed by atoms with Crippen molar-refractivity contribution in [2.24, 2.45) is 0 Å². The normalized spacial score (nSPS) is 11.4. The minimum absolute atomic E-state index is 0. The second-order valence-corrected chi connectivity index (χ2v) is 12.8. The summed E-state index contributed by atoms with van der Waals surface area (Å²) < 4.78 is 118. The third kappa shape index (κ3) is 15.4. The van der Waals surface area contributed by atoms with Gasteiger partial charge < -0.3 is 39.0 Å². The predicted molar refractivity (Wildman–Crippen MR) is 168 cm³/mol. The van der Waals surface area contributed by atoms with Crippen molar-refractivity contribution in [3.8, 4) is 34.2 Å². The zero-order valence-corrected chi connectivity index (χ0v) is 31.4. The van der Waals surface area contributed by atoms with Crippen LogP contribution in [0.4, 0.5) is 26.3 Å². The maximum absolute atomic E-state index is 10.7. The maximum atomic E-state index is 10.7. The molecule has 6 aromatic heterocycles. The first-order valence-electron chi connectivity index (χ1n) is 13.9. The van der Waals surface area contributed by atoms with E-state index in [9.17, 15) is 26.3 Å². The summed E-state index contributed by atoms with van der Waals surface area (Å²) in [6.45, 7) is 11.5. The average Bonchev–Trinajstić information content (AvgIpc) is 3.83. The molecule has 27 heteroatoms. The molecule has 0 radical (unpaired) electrons. The second kappa shape index (κ2) is 18.9. The van der Waals surface area contributed by atoms with Crippen LogP contribution < -0.4 is 0 Å². The number of hydrogen-bond acceptors (Lipinski definition) is 12. The summed E-state index contributed by atoms with van der Waals surface area (Å²) in [6, 6.07) is 0. The van der Waals surface area contributed by atoms with Crippen LogP contribution in [0.5, 0.6) is 0 Å². The average molecular weight is 886 g/mol. The Morgan fingerprint density at radius 2 is 0.528 bits per heavy atom. The standard InChI is InChI=1S/3C8H10N4.2CHF3O3S.Ru/c3*1-5-9-3-7(11-5)8-4-10-6(2)12-8;2*2-1(3,4)8(5,6)7;/h3*3-4H,1-2H3,(H,9,11)(H,10,12);2*(H,5,6,7);/q;;;;;+2/p-2. The van der Waals surface area contributed by atoms with Crippen molar-refractivity contribution in [3.05, 3.63) is 72.1 Å². The van der Waals surface area contributed by atoms with Crippen LogP contribution in [0.2, 0.25) is 0 Å². The summed E-state index contributed by atoms with van der Waals surface area (Å²) in [4.78, 5) is 43.3. The topological polar surface area (TPSA) is 286 Å². The van der Waals surface area contributed by atoms with E-state index >= 15 is 0 Å². The molecule has 0 atom stereocenters. The molecule has 292 valence electrons. The van der Waals surface area contributed by atoms with Gasteiger partial charge in [-0.3, -0.25) is 0 Å². The summed E-state index contributed by atoms with van der Waals surface area (Å²) in [5.41, 5.74) is -5.41. The number of aromatic nitrogens is 12. The zero-order valence-electron chi connectivity index (χ0n) is 28.0. The van der Waals surface area contributed by atoms with Crippen LogP contribution in [-0.4, -0.2) is 96.8 Å². The molecule has 0 amide bonds. The number of halogens is 6. The molecule has 0 unspecified atom stereocenters. The van der Waals surface area contributed by atoms with Crippen LogP contribution in [0, 0.1) is 41.5 Å². The molecule has 6 N–H and O–H groups in total. The minimum atomic E-state index is -6.09. The molecular weight excluding hydrogens is 856 g/mol. The van der Waals surface area contributed by atoms with Crippen LogP contribution in [-0.2, 0) is 39.7 Å².